The number of aromatic amines is 1. The Balaban J connectivity index is 2.64. The normalized spacial score (nSPS) is 10.5. The van der Waals surface area contributed by atoms with Gasteiger partial charge in [0.15, 0.2) is 5.76 Å². The van der Waals surface area contributed by atoms with E-state index < -0.39 is 5.97 Å². The van der Waals surface area contributed by atoms with Crippen LogP contribution in [0.4, 0.5) is 0 Å². The molecule has 0 saturated carbocycles. The quantitative estimate of drug-likeness (QED) is 0.815. The molecule has 0 aliphatic rings. The van der Waals surface area contributed by atoms with Gasteiger partial charge < -0.3 is 9.63 Å². The molecule has 0 atom stereocenters. The summed E-state index contributed by atoms with van der Waals surface area (Å²) in [5.41, 5.74) is 0.736. The molecule has 2 heterocycles. The lowest BCUT2D eigenvalue weighted by Crippen LogP contribution is -1.97. The average Bonchev–Trinajstić information content (AvgIpc) is 2.71. The van der Waals surface area contributed by atoms with Gasteiger partial charge in [-0.2, -0.15) is 5.10 Å². The standard InChI is InChI=1S/C8H6ClN3O3/c1-3-2-10-15-6(3)5-4(8(13)14)7(9)12-11-5/h2H,1H3,(H,11,12)(H,13,14). The summed E-state index contributed by atoms with van der Waals surface area (Å²) in [6.07, 6.45) is 1.48. The molecule has 0 spiro atoms. The second kappa shape index (κ2) is 3.39. The van der Waals surface area contributed by atoms with Gasteiger partial charge >= 0.3 is 5.97 Å². The number of nitrogens with one attached hydrogen (secondary N) is 1. The number of H-pyrrole nitrogens is 1. The van der Waals surface area contributed by atoms with E-state index in [1.54, 1.807) is 6.92 Å². The second-order valence-corrected chi connectivity index (χ2v) is 3.28. The van der Waals surface area contributed by atoms with E-state index in [-0.39, 0.29) is 16.4 Å². The summed E-state index contributed by atoms with van der Waals surface area (Å²) in [5.74, 6) is -0.866. The highest BCUT2D eigenvalue weighted by Gasteiger charge is 2.23. The Kier molecular flexibility index (Phi) is 2.20. The summed E-state index contributed by atoms with van der Waals surface area (Å²) in [4.78, 5) is 10.9. The molecule has 2 aromatic heterocycles. The minimum atomic E-state index is -1.17. The molecule has 0 aliphatic carbocycles. The van der Waals surface area contributed by atoms with Crippen molar-refractivity contribution in [1.82, 2.24) is 15.4 Å². The molecule has 2 aromatic rings. The van der Waals surface area contributed by atoms with Crippen LogP contribution in [0.1, 0.15) is 15.9 Å². The zero-order valence-electron chi connectivity index (χ0n) is 7.61. The van der Waals surface area contributed by atoms with Crippen molar-refractivity contribution in [2.75, 3.05) is 0 Å². The fraction of sp³-hybridized carbons (Fsp3) is 0.125. The Bertz CT molecular complexity index is 517. The van der Waals surface area contributed by atoms with Gasteiger partial charge in [-0.15, -0.1) is 0 Å². The van der Waals surface area contributed by atoms with Gasteiger partial charge in [-0.05, 0) is 6.92 Å². The maximum Gasteiger partial charge on any atom is 0.341 e. The van der Waals surface area contributed by atoms with Gasteiger partial charge in [-0.1, -0.05) is 16.8 Å². The third-order valence-electron chi connectivity index (χ3n) is 1.90. The van der Waals surface area contributed by atoms with Crippen LogP contribution in [0.2, 0.25) is 5.15 Å². The van der Waals surface area contributed by atoms with E-state index in [4.69, 9.17) is 21.2 Å². The number of hydrogen-bond donors (Lipinski definition) is 2. The largest absolute Gasteiger partial charge is 0.477 e. The summed E-state index contributed by atoms with van der Waals surface area (Å²) < 4.78 is 4.90. The van der Waals surface area contributed by atoms with E-state index in [1.165, 1.54) is 6.20 Å². The van der Waals surface area contributed by atoms with Crippen LogP contribution < -0.4 is 0 Å². The molecule has 2 rings (SSSR count). The molecule has 0 bridgehead atoms. The van der Waals surface area contributed by atoms with Crippen molar-refractivity contribution in [1.29, 1.82) is 0 Å². The molecule has 0 radical (unpaired) electrons. The third-order valence-corrected chi connectivity index (χ3v) is 2.17. The lowest BCUT2D eigenvalue weighted by atomic mass is 10.1. The summed E-state index contributed by atoms with van der Waals surface area (Å²) in [6, 6.07) is 0. The summed E-state index contributed by atoms with van der Waals surface area (Å²) in [6.45, 7) is 1.74. The van der Waals surface area contributed by atoms with Crippen molar-refractivity contribution in [2.45, 2.75) is 6.92 Å². The molecule has 2 N–H and O–H groups in total. The Hall–Kier alpha value is -1.82. The van der Waals surface area contributed by atoms with Crippen LogP contribution in [0.3, 0.4) is 0 Å². The molecule has 7 heteroatoms. The van der Waals surface area contributed by atoms with E-state index >= 15 is 0 Å². The van der Waals surface area contributed by atoms with Crippen molar-refractivity contribution in [2.24, 2.45) is 0 Å². The Morgan fingerprint density at radius 1 is 1.67 bits per heavy atom. The van der Waals surface area contributed by atoms with E-state index in [0.717, 1.165) is 0 Å². The molecule has 78 valence electrons. The SMILES string of the molecule is Cc1cnoc1-c1n[nH]c(Cl)c1C(=O)O. The summed E-state index contributed by atoms with van der Waals surface area (Å²) in [7, 11) is 0. The van der Waals surface area contributed by atoms with Crippen LogP contribution >= 0.6 is 11.6 Å². The zero-order chi connectivity index (χ0) is 11.0. The number of nitrogens with zero attached hydrogens (tertiary/aromatic N) is 2. The zero-order valence-corrected chi connectivity index (χ0v) is 8.37. The number of halogens is 1. The lowest BCUT2D eigenvalue weighted by Gasteiger charge is -1.94. The number of hydrogen-bond acceptors (Lipinski definition) is 4. The van der Waals surface area contributed by atoms with Gasteiger partial charge in [0.25, 0.3) is 0 Å². The van der Waals surface area contributed by atoms with E-state index in [9.17, 15) is 4.79 Å². The van der Waals surface area contributed by atoms with Crippen molar-refractivity contribution in [3.05, 3.63) is 22.5 Å². The maximum absolute atomic E-state index is 10.9. The molecule has 6 nitrogen and oxygen atoms in total. The van der Waals surface area contributed by atoms with Crippen LogP contribution in [-0.4, -0.2) is 26.4 Å². The number of carboxylic acid groups (broad SMARTS) is 1. The molecule has 0 unspecified atom stereocenters. The van der Waals surface area contributed by atoms with E-state index in [2.05, 4.69) is 15.4 Å². The van der Waals surface area contributed by atoms with E-state index in [0.29, 0.717) is 11.3 Å². The molecular weight excluding hydrogens is 222 g/mol. The van der Waals surface area contributed by atoms with Crippen LogP contribution in [0, 0.1) is 6.92 Å². The fourth-order valence-corrected chi connectivity index (χ4v) is 1.41. The number of aryl methyl sites for hydroxylation is 1. The van der Waals surface area contributed by atoms with Crippen LogP contribution in [0.15, 0.2) is 10.7 Å². The van der Waals surface area contributed by atoms with Gasteiger partial charge in [0.1, 0.15) is 16.4 Å². The highest BCUT2D eigenvalue weighted by atomic mass is 35.5. The predicted octanol–water partition coefficient (Wildman–Crippen LogP) is 1.72. The lowest BCUT2D eigenvalue weighted by molar-refractivity contribution is 0.0697. The maximum atomic E-state index is 10.9. The summed E-state index contributed by atoms with van der Waals surface area (Å²) in [5, 5.41) is 18.6. The molecule has 0 saturated heterocycles. The minimum Gasteiger partial charge on any atom is -0.477 e. The first-order valence-corrected chi connectivity index (χ1v) is 4.38. The number of carboxylic acids is 1. The minimum absolute atomic E-state index is 0.0340. The predicted molar refractivity (Wildman–Crippen MR) is 50.8 cm³/mol. The summed E-state index contributed by atoms with van der Waals surface area (Å²) >= 11 is 5.65. The van der Waals surface area contributed by atoms with Crippen LogP contribution in [0.5, 0.6) is 0 Å². The van der Waals surface area contributed by atoms with Crippen molar-refractivity contribution in [3.8, 4) is 11.5 Å². The highest BCUT2D eigenvalue weighted by Crippen LogP contribution is 2.28. The molecular formula is C8H6ClN3O3. The van der Waals surface area contributed by atoms with Crippen molar-refractivity contribution in [3.63, 3.8) is 0 Å². The van der Waals surface area contributed by atoms with Crippen molar-refractivity contribution >= 4 is 17.6 Å². The van der Waals surface area contributed by atoms with Gasteiger partial charge in [-0.3, -0.25) is 5.10 Å². The third kappa shape index (κ3) is 1.48. The average molecular weight is 228 g/mol. The first-order valence-electron chi connectivity index (χ1n) is 4.00. The molecule has 15 heavy (non-hydrogen) atoms. The van der Waals surface area contributed by atoms with Crippen LogP contribution in [-0.2, 0) is 0 Å². The highest BCUT2D eigenvalue weighted by molar-refractivity contribution is 6.33. The molecule has 0 aliphatic heterocycles. The Morgan fingerprint density at radius 3 is 2.93 bits per heavy atom. The van der Waals surface area contributed by atoms with Gasteiger partial charge in [-0.25, -0.2) is 4.79 Å². The smallest absolute Gasteiger partial charge is 0.341 e. The topological polar surface area (TPSA) is 92.0 Å². The number of carbonyl (C=O) groups is 1. The Labute approximate surface area is 88.8 Å². The number of aromatic nitrogens is 3. The fourth-order valence-electron chi connectivity index (χ4n) is 1.20. The van der Waals surface area contributed by atoms with E-state index in [1.807, 2.05) is 0 Å². The first-order chi connectivity index (χ1) is 7.11. The molecule has 0 amide bonds. The number of aromatic carboxylic acids is 1. The van der Waals surface area contributed by atoms with Gasteiger partial charge in [0, 0.05) is 5.56 Å². The van der Waals surface area contributed by atoms with Crippen LogP contribution in [0.25, 0.3) is 11.5 Å². The van der Waals surface area contributed by atoms with Gasteiger partial charge in [0.05, 0.1) is 6.20 Å². The van der Waals surface area contributed by atoms with Crippen molar-refractivity contribution < 1.29 is 14.4 Å². The molecule has 0 aromatic carbocycles. The Morgan fingerprint density at radius 2 is 2.40 bits per heavy atom. The second-order valence-electron chi connectivity index (χ2n) is 2.90. The first kappa shape index (κ1) is 9.72. The van der Waals surface area contributed by atoms with Gasteiger partial charge in [0.2, 0.25) is 0 Å². The monoisotopic (exact) mass is 227 g/mol. The molecule has 0 fully saturated rings. The number of rotatable bonds is 2.